The number of ether oxygens (including phenoxy) is 1. The summed E-state index contributed by atoms with van der Waals surface area (Å²) in [4.78, 5) is 4.52. The van der Waals surface area contributed by atoms with Gasteiger partial charge in [-0.1, -0.05) is 20.8 Å². The van der Waals surface area contributed by atoms with Gasteiger partial charge in [-0.05, 0) is 40.2 Å². The average molecular weight is 247 g/mol. The van der Waals surface area contributed by atoms with Gasteiger partial charge in [-0.25, -0.2) is 0 Å². The lowest BCUT2D eigenvalue weighted by atomic mass is 10.3. The normalized spacial score (nSPS) is 15.7. The van der Waals surface area contributed by atoms with Crippen molar-refractivity contribution in [3.8, 4) is 0 Å². The Morgan fingerprint density at radius 2 is 1.65 bits per heavy atom. The molecule has 2 N–H and O–H groups in total. The Kier molecular flexibility index (Phi) is 17.9. The minimum absolute atomic E-state index is 0.803. The third-order valence-corrected chi connectivity index (χ3v) is 2.41. The van der Waals surface area contributed by atoms with Crippen molar-refractivity contribution in [3.05, 3.63) is 0 Å². The standard InChI is InChI=1S/C7H16N2O.C4H11N.C2H6/c8-2-1-3-9-4-6-10-7-5-9;1-4-5(2)3;1-2/h1-8H2;4H2,1-3H3;1-2H3. The zero-order valence-corrected chi connectivity index (χ0v) is 12.5. The summed E-state index contributed by atoms with van der Waals surface area (Å²) in [6, 6.07) is 0. The average Bonchev–Trinajstić information content (AvgIpc) is 2.40. The number of hydrogen-bond acceptors (Lipinski definition) is 4. The molecule has 4 nitrogen and oxygen atoms in total. The SMILES string of the molecule is CC.CCN(C)C.NCCCN1CCOCC1. The molecule has 0 spiro atoms. The molecule has 1 aliphatic heterocycles. The zero-order valence-electron chi connectivity index (χ0n) is 12.5. The summed E-state index contributed by atoms with van der Waals surface area (Å²) in [6.07, 6.45) is 1.11. The van der Waals surface area contributed by atoms with Crippen LogP contribution in [0, 0.1) is 0 Å². The molecule has 0 aliphatic carbocycles. The highest BCUT2D eigenvalue weighted by atomic mass is 16.5. The molecule has 0 amide bonds. The third-order valence-electron chi connectivity index (χ3n) is 2.41. The van der Waals surface area contributed by atoms with Crippen molar-refractivity contribution < 1.29 is 4.74 Å². The Morgan fingerprint density at radius 3 is 2.00 bits per heavy atom. The summed E-state index contributed by atoms with van der Waals surface area (Å²) < 4.78 is 5.21. The number of nitrogens with two attached hydrogens (primary N) is 1. The van der Waals surface area contributed by atoms with Crippen molar-refractivity contribution in [2.24, 2.45) is 5.73 Å². The lowest BCUT2D eigenvalue weighted by Crippen LogP contribution is -2.37. The predicted molar refractivity (Wildman–Crippen MR) is 76.5 cm³/mol. The molecule has 0 saturated carbocycles. The third kappa shape index (κ3) is 15.8. The molecule has 17 heavy (non-hydrogen) atoms. The van der Waals surface area contributed by atoms with Gasteiger partial charge in [-0.3, -0.25) is 4.90 Å². The van der Waals surface area contributed by atoms with Gasteiger partial charge in [0.2, 0.25) is 0 Å². The number of rotatable bonds is 4. The maximum atomic E-state index is 5.39. The van der Waals surface area contributed by atoms with Gasteiger partial charge in [0.25, 0.3) is 0 Å². The van der Waals surface area contributed by atoms with Crippen molar-refractivity contribution in [1.82, 2.24) is 9.80 Å². The summed E-state index contributed by atoms with van der Waals surface area (Å²) >= 11 is 0. The maximum absolute atomic E-state index is 5.39. The predicted octanol–water partition coefficient (Wildman–Crippen LogP) is 1.26. The van der Waals surface area contributed by atoms with E-state index in [0.29, 0.717) is 0 Å². The highest BCUT2D eigenvalue weighted by Crippen LogP contribution is 1.96. The minimum atomic E-state index is 0.803. The van der Waals surface area contributed by atoms with Crippen molar-refractivity contribution >= 4 is 0 Å². The van der Waals surface area contributed by atoms with Crippen molar-refractivity contribution in [2.75, 3.05) is 60.0 Å². The topological polar surface area (TPSA) is 41.7 Å². The summed E-state index contributed by atoms with van der Waals surface area (Å²) in [5.41, 5.74) is 5.39. The first-order valence-corrected chi connectivity index (χ1v) is 6.85. The monoisotopic (exact) mass is 247 g/mol. The minimum Gasteiger partial charge on any atom is -0.379 e. The second kappa shape index (κ2) is 15.8. The van der Waals surface area contributed by atoms with Gasteiger partial charge in [-0.2, -0.15) is 0 Å². The van der Waals surface area contributed by atoms with E-state index in [9.17, 15) is 0 Å². The van der Waals surface area contributed by atoms with Crippen LogP contribution in [-0.4, -0.2) is 69.8 Å². The van der Waals surface area contributed by atoms with Crippen LogP contribution in [0.15, 0.2) is 0 Å². The Hall–Kier alpha value is -0.160. The maximum Gasteiger partial charge on any atom is 0.0594 e. The molecule has 0 aromatic heterocycles. The molecule has 0 radical (unpaired) electrons. The molecular weight excluding hydrogens is 214 g/mol. The van der Waals surface area contributed by atoms with E-state index in [1.807, 2.05) is 13.8 Å². The first kappa shape index (κ1) is 19.2. The molecule has 4 heteroatoms. The van der Waals surface area contributed by atoms with Crippen LogP contribution in [0.1, 0.15) is 27.2 Å². The summed E-state index contributed by atoms with van der Waals surface area (Å²) in [7, 11) is 4.11. The van der Waals surface area contributed by atoms with Crippen molar-refractivity contribution in [2.45, 2.75) is 27.2 Å². The van der Waals surface area contributed by atoms with Crippen molar-refractivity contribution in [3.63, 3.8) is 0 Å². The Labute approximate surface area is 108 Å². The smallest absolute Gasteiger partial charge is 0.0594 e. The molecule has 1 aliphatic rings. The molecule has 1 fully saturated rings. The molecule has 0 aromatic carbocycles. The van der Waals surface area contributed by atoms with Crippen LogP contribution in [0.5, 0.6) is 0 Å². The van der Waals surface area contributed by atoms with Gasteiger partial charge in [0, 0.05) is 13.1 Å². The highest BCUT2D eigenvalue weighted by molar-refractivity contribution is 4.61. The summed E-state index contributed by atoms with van der Waals surface area (Å²) in [6.45, 7) is 13.2. The summed E-state index contributed by atoms with van der Waals surface area (Å²) in [5, 5.41) is 0. The van der Waals surface area contributed by atoms with E-state index in [-0.39, 0.29) is 0 Å². The van der Waals surface area contributed by atoms with Gasteiger partial charge in [0.05, 0.1) is 13.2 Å². The second-order valence-electron chi connectivity index (χ2n) is 3.99. The molecule has 106 valence electrons. The fraction of sp³-hybridized carbons (Fsp3) is 1.00. The largest absolute Gasteiger partial charge is 0.379 e. The molecule has 1 rings (SSSR count). The Bertz CT molecular complexity index is 126. The zero-order chi connectivity index (χ0) is 13.5. The highest BCUT2D eigenvalue weighted by Gasteiger charge is 2.07. The Balaban J connectivity index is 0. The van der Waals surface area contributed by atoms with Crippen LogP contribution in [0.4, 0.5) is 0 Å². The molecule has 1 saturated heterocycles. The molecule has 1 heterocycles. The van der Waals surface area contributed by atoms with Gasteiger partial charge in [-0.15, -0.1) is 0 Å². The van der Waals surface area contributed by atoms with Crippen LogP contribution in [-0.2, 0) is 4.74 Å². The van der Waals surface area contributed by atoms with E-state index in [1.165, 1.54) is 0 Å². The van der Waals surface area contributed by atoms with Crippen molar-refractivity contribution in [1.29, 1.82) is 0 Å². The van der Waals surface area contributed by atoms with E-state index in [1.54, 1.807) is 0 Å². The molecule has 0 atom stereocenters. The van der Waals surface area contributed by atoms with E-state index in [0.717, 1.165) is 52.4 Å². The number of hydrogen-bond donors (Lipinski definition) is 1. The fourth-order valence-corrected chi connectivity index (χ4v) is 1.14. The van der Waals surface area contributed by atoms with E-state index < -0.39 is 0 Å². The molecular formula is C13H33N3O. The van der Waals surface area contributed by atoms with E-state index in [2.05, 4.69) is 30.8 Å². The Morgan fingerprint density at radius 1 is 1.18 bits per heavy atom. The van der Waals surface area contributed by atoms with Crippen LogP contribution < -0.4 is 5.73 Å². The molecule has 0 unspecified atom stereocenters. The van der Waals surface area contributed by atoms with Gasteiger partial charge >= 0.3 is 0 Å². The van der Waals surface area contributed by atoms with Crippen LogP contribution >= 0.6 is 0 Å². The first-order valence-electron chi connectivity index (χ1n) is 6.85. The number of nitrogens with zero attached hydrogens (tertiary/aromatic N) is 2. The molecule has 0 bridgehead atoms. The second-order valence-corrected chi connectivity index (χ2v) is 3.99. The van der Waals surface area contributed by atoms with Gasteiger partial charge < -0.3 is 15.4 Å². The lowest BCUT2D eigenvalue weighted by molar-refractivity contribution is 0.0377. The van der Waals surface area contributed by atoms with Gasteiger partial charge in [0.15, 0.2) is 0 Å². The van der Waals surface area contributed by atoms with Crippen LogP contribution in [0.3, 0.4) is 0 Å². The lowest BCUT2D eigenvalue weighted by Gasteiger charge is -2.26. The number of morpholine rings is 1. The summed E-state index contributed by atoms with van der Waals surface area (Å²) in [5.74, 6) is 0. The van der Waals surface area contributed by atoms with E-state index in [4.69, 9.17) is 10.5 Å². The quantitative estimate of drug-likeness (QED) is 0.812. The fourth-order valence-electron chi connectivity index (χ4n) is 1.14. The molecule has 0 aromatic rings. The van der Waals surface area contributed by atoms with Gasteiger partial charge in [0.1, 0.15) is 0 Å². The first-order chi connectivity index (χ1) is 8.20. The van der Waals surface area contributed by atoms with Crippen LogP contribution in [0.25, 0.3) is 0 Å². The van der Waals surface area contributed by atoms with E-state index >= 15 is 0 Å². The van der Waals surface area contributed by atoms with Crippen LogP contribution in [0.2, 0.25) is 0 Å².